The number of ether oxygens (including phenoxy) is 1. The van der Waals surface area contributed by atoms with Crippen molar-refractivity contribution in [1.29, 1.82) is 0 Å². The van der Waals surface area contributed by atoms with E-state index in [4.69, 9.17) is 9.26 Å². The van der Waals surface area contributed by atoms with Gasteiger partial charge in [-0.15, -0.1) is 0 Å². The minimum absolute atomic E-state index is 0.0536. The number of para-hydroxylation sites is 1. The van der Waals surface area contributed by atoms with Crippen molar-refractivity contribution in [2.24, 2.45) is 0 Å². The van der Waals surface area contributed by atoms with E-state index in [1.807, 2.05) is 25.1 Å². The lowest BCUT2D eigenvalue weighted by Gasteiger charge is -2.32. The van der Waals surface area contributed by atoms with E-state index in [1.165, 1.54) is 0 Å². The summed E-state index contributed by atoms with van der Waals surface area (Å²) in [6, 6.07) is 9.17. The first-order chi connectivity index (χ1) is 12.7. The molecule has 1 saturated heterocycles. The summed E-state index contributed by atoms with van der Waals surface area (Å²) in [6.07, 6.45) is 0.671. The number of anilines is 1. The molecular formula is C18H22N4O4. The van der Waals surface area contributed by atoms with Gasteiger partial charge in [-0.3, -0.25) is 9.59 Å². The molecule has 0 radical (unpaired) electrons. The first-order valence-electron chi connectivity index (χ1n) is 8.72. The van der Waals surface area contributed by atoms with Gasteiger partial charge in [0, 0.05) is 31.5 Å². The summed E-state index contributed by atoms with van der Waals surface area (Å²) >= 11 is 0. The van der Waals surface area contributed by atoms with Gasteiger partial charge in [0.05, 0.1) is 13.2 Å². The molecule has 1 aliphatic rings. The Bertz CT molecular complexity index is 747. The van der Waals surface area contributed by atoms with Gasteiger partial charge >= 0.3 is 0 Å². The fourth-order valence-corrected chi connectivity index (χ4v) is 2.69. The van der Waals surface area contributed by atoms with Gasteiger partial charge in [0.1, 0.15) is 0 Å². The number of aryl methyl sites for hydroxylation is 2. The second kappa shape index (κ2) is 8.57. The van der Waals surface area contributed by atoms with E-state index in [0.29, 0.717) is 43.4 Å². The van der Waals surface area contributed by atoms with Crippen LogP contribution in [0.2, 0.25) is 0 Å². The van der Waals surface area contributed by atoms with Crippen LogP contribution in [0.4, 0.5) is 5.69 Å². The maximum Gasteiger partial charge on any atom is 0.255 e. The van der Waals surface area contributed by atoms with E-state index in [-0.39, 0.29) is 24.8 Å². The van der Waals surface area contributed by atoms with Crippen molar-refractivity contribution < 1.29 is 18.8 Å². The Kier molecular flexibility index (Phi) is 5.96. The second-order valence-corrected chi connectivity index (χ2v) is 6.01. The number of morpholine rings is 1. The third-order valence-corrected chi connectivity index (χ3v) is 4.13. The number of benzene rings is 1. The predicted molar refractivity (Wildman–Crippen MR) is 93.4 cm³/mol. The molecule has 0 saturated carbocycles. The number of nitrogens with zero attached hydrogens (tertiary/aromatic N) is 3. The SMILES string of the molecule is CCc1noc(CCC(=O)N2CCO[C@H](C(=O)Nc3ccccc3)C2)n1. The van der Waals surface area contributed by atoms with E-state index < -0.39 is 6.10 Å². The van der Waals surface area contributed by atoms with Gasteiger partial charge in [-0.2, -0.15) is 4.98 Å². The van der Waals surface area contributed by atoms with E-state index in [0.717, 1.165) is 0 Å². The second-order valence-electron chi connectivity index (χ2n) is 6.01. The van der Waals surface area contributed by atoms with Crippen LogP contribution in [0.1, 0.15) is 25.1 Å². The zero-order valence-corrected chi connectivity index (χ0v) is 14.7. The van der Waals surface area contributed by atoms with Gasteiger partial charge in [0.25, 0.3) is 5.91 Å². The molecule has 1 N–H and O–H groups in total. The van der Waals surface area contributed by atoms with Crippen LogP contribution >= 0.6 is 0 Å². The molecule has 2 aromatic rings. The van der Waals surface area contributed by atoms with E-state index in [9.17, 15) is 9.59 Å². The van der Waals surface area contributed by atoms with Crippen molar-refractivity contribution >= 4 is 17.5 Å². The minimum Gasteiger partial charge on any atom is -0.365 e. The fourth-order valence-electron chi connectivity index (χ4n) is 2.69. The maximum atomic E-state index is 12.4. The topological polar surface area (TPSA) is 97.6 Å². The first-order valence-corrected chi connectivity index (χ1v) is 8.72. The summed E-state index contributed by atoms with van der Waals surface area (Å²) in [4.78, 5) is 30.6. The summed E-state index contributed by atoms with van der Waals surface area (Å²) in [6.45, 7) is 2.98. The predicted octanol–water partition coefficient (Wildman–Crippen LogP) is 1.43. The largest absolute Gasteiger partial charge is 0.365 e. The van der Waals surface area contributed by atoms with Gasteiger partial charge < -0.3 is 19.5 Å². The highest BCUT2D eigenvalue weighted by molar-refractivity contribution is 5.94. The lowest BCUT2D eigenvalue weighted by atomic mass is 10.2. The molecule has 2 heterocycles. The van der Waals surface area contributed by atoms with Crippen molar-refractivity contribution in [1.82, 2.24) is 15.0 Å². The quantitative estimate of drug-likeness (QED) is 0.839. The molecule has 8 nitrogen and oxygen atoms in total. The highest BCUT2D eigenvalue weighted by atomic mass is 16.5. The molecule has 1 aromatic carbocycles. The number of hydrogen-bond acceptors (Lipinski definition) is 6. The Balaban J connectivity index is 1.50. The van der Waals surface area contributed by atoms with Gasteiger partial charge in [0.15, 0.2) is 11.9 Å². The Morgan fingerprint density at radius 3 is 2.85 bits per heavy atom. The molecule has 26 heavy (non-hydrogen) atoms. The number of carbonyl (C=O) groups excluding carboxylic acids is 2. The van der Waals surface area contributed by atoms with Crippen LogP contribution in [0.15, 0.2) is 34.9 Å². The Morgan fingerprint density at radius 2 is 2.12 bits per heavy atom. The smallest absolute Gasteiger partial charge is 0.255 e. The third kappa shape index (κ3) is 4.66. The van der Waals surface area contributed by atoms with Crippen molar-refractivity contribution in [2.45, 2.75) is 32.3 Å². The molecule has 1 fully saturated rings. The lowest BCUT2D eigenvalue weighted by molar-refractivity contribution is -0.144. The zero-order chi connectivity index (χ0) is 18.4. The van der Waals surface area contributed by atoms with Crippen LogP contribution in [-0.4, -0.2) is 52.7 Å². The number of amides is 2. The fraction of sp³-hybridized carbons (Fsp3) is 0.444. The summed E-state index contributed by atoms with van der Waals surface area (Å²) in [7, 11) is 0. The average molecular weight is 358 g/mol. The van der Waals surface area contributed by atoms with Gasteiger partial charge in [-0.25, -0.2) is 0 Å². The molecular weight excluding hydrogens is 336 g/mol. The Labute approximate surface area is 151 Å². The van der Waals surface area contributed by atoms with Crippen LogP contribution in [0.5, 0.6) is 0 Å². The molecule has 0 bridgehead atoms. The number of aromatic nitrogens is 2. The number of rotatable bonds is 6. The van der Waals surface area contributed by atoms with E-state index in [1.54, 1.807) is 17.0 Å². The molecule has 1 atom stereocenters. The van der Waals surface area contributed by atoms with Crippen molar-refractivity contribution in [3.63, 3.8) is 0 Å². The highest BCUT2D eigenvalue weighted by Gasteiger charge is 2.29. The summed E-state index contributed by atoms with van der Waals surface area (Å²) in [5.41, 5.74) is 0.702. The molecule has 2 amide bonds. The molecule has 0 unspecified atom stereocenters. The standard InChI is InChI=1S/C18H22N4O4/c1-2-15-20-16(26-21-15)8-9-17(23)22-10-11-25-14(12-22)18(24)19-13-6-4-3-5-7-13/h3-7,14H,2,8-12H2,1H3,(H,19,24)/t14-/m0/s1. The normalized spacial score (nSPS) is 17.1. The average Bonchev–Trinajstić information content (AvgIpc) is 3.15. The van der Waals surface area contributed by atoms with Crippen LogP contribution in [0.3, 0.4) is 0 Å². The van der Waals surface area contributed by atoms with Gasteiger partial charge in [-0.05, 0) is 12.1 Å². The van der Waals surface area contributed by atoms with Crippen LogP contribution in [0.25, 0.3) is 0 Å². The Morgan fingerprint density at radius 1 is 1.31 bits per heavy atom. The van der Waals surface area contributed by atoms with Crippen molar-refractivity contribution in [2.75, 3.05) is 25.0 Å². The van der Waals surface area contributed by atoms with Crippen LogP contribution in [0, 0.1) is 0 Å². The molecule has 8 heteroatoms. The van der Waals surface area contributed by atoms with Gasteiger partial charge in [0.2, 0.25) is 11.8 Å². The molecule has 0 aliphatic carbocycles. The number of hydrogen-bond donors (Lipinski definition) is 1. The molecule has 138 valence electrons. The van der Waals surface area contributed by atoms with Crippen molar-refractivity contribution in [3.8, 4) is 0 Å². The third-order valence-electron chi connectivity index (χ3n) is 4.13. The monoisotopic (exact) mass is 358 g/mol. The summed E-state index contributed by atoms with van der Waals surface area (Å²) < 4.78 is 10.6. The maximum absolute atomic E-state index is 12.4. The number of nitrogens with one attached hydrogen (secondary N) is 1. The lowest BCUT2D eigenvalue weighted by Crippen LogP contribution is -2.50. The molecule has 0 spiro atoms. The summed E-state index contributed by atoms with van der Waals surface area (Å²) in [5.74, 6) is 0.790. The Hall–Kier alpha value is -2.74. The summed E-state index contributed by atoms with van der Waals surface area (Å²) in [5, 5.41) is 6.62. The van der Waals surface area contributed by atoms with E-state index >= 15 is 0 Å². The van der Waals surface area contributed by atoms with Crippen molar-refractivity contribution in [3.05, 3.63) is 42.0 Å². The van der Waals surface area contributed by atoms with Gasteiger partial charge in [-0.1, -0.05) is 30.3 Å². The van der Waals surface area contributed by atoms with Crippen LogP contribution < -0.4 is 5.32 Å². The highest BCUT2D eigenvalue weighted by Crippen LogP contribution is 2.12. The molecule has 1 aliphatic heterocycles. The molecule has 3 rings (SSSR count). The number of carbonyl (C=O) groups is 2. The zero-order valence-electron chi connectivity index (χ0n) is 14.7. The van der Waals surface area contributed by atoms with E-state index in [2.05, 4.69) is 15.5 Å². The minimum atomic E-state index is -0.678. The first kappa shape index (κ1) is 18.1. The van der Waals surface area contributed by atoms with Crippen LogP contribution in [-0.2, 0) is 27.2 Å². The molecule has 1 aromatic heterocycles.